The summed E-state index contributed by atoms with van der Waals surface area (Å²) in [6.07, 6.45) is 16.5. The summed E-state index contributed by atoms with van der Waals surface area (Å²) in [5, 5.41) is 32.5. The van der Waals surface area contributed by atoms with Crippen molar-refractivity contribution in [3.8, 4) is 0 Å². The molecule has 36 heteroatoms. The third kappa shape index (κ3) is 21.6. The minimum atomic E-state index is -3.69. The molecule has 3 amide bonds. The van der Waals surface area contributed by atoms with Crippen molar-refractivity contribution in [2.45, 2.75) is 56.7 Å². The number of carbonyl (C=O) groups excluding carboxylic acids is 3. The minimum Gasteiger partial charge on any atom is -0.354 e. The van der Waals surface area contributed by atoms with Crippen LogP contribution in [0.1, 0.15) is 36.7 Å². The van der Waals surface area contributed by atoms with E-state index in [1.807, 2.05) is 14.7 Å². The number of carbonyl (C=O) groups is 3. The van der Waals surface area contributed by atoms with Gasteiger partial charge in [0, 0.05) is 154 Å². The molecule has 9 rings (SSSR count). The van der Waals surface area contributed by atoms with Crippen LogP contribution in [0.15, 0.2) is 110 Å². The molecule has 0 saturated carbocycles. The van der Waals surface area contributed by atoms with Crippen LogP contribution in [0, 0.1) is 0 Å². The second kappa shape index (κ2) is 34.4. The lowest BCUT2D eigenvalue weighted by Gasteiger charge is -2.35. The average Bonchev–Trinajstić information content (AvgIpc) is 2.64. The number of anilines is 3. The molecule has 90 heavy (non-hydrogen) atoms. The molecule has 0 aromatic carbocycles. The number of aryl methyl sites for hydroxylation is 3. The Morgan fingerprint density at radius 1 is 0.389 bits per heavy atom. The third-order valence-corrected chi connectivity index (χ3v) is 21.2. The lowest BCUT2D eigenvalue weighted by Crippen LogP contribution is -2.51. The fraction of sp³-hybridized carbons (Fsp3) is 0.444. The number of hydroxylamine groups is 6. The van der Waals surface area contributed by atoms with Crippen molar-refractivity contribution in [1.82, 2.24) is 73.0 Å². The summed E-state index contributed by atoms with van der Waals surface area (Å²) < 4.78 is 81.6. The molecule has 3 N–H and O–H groups in total. The summed E-state index contributed by atoms with van der Waals surface area (Å²) >= 11 is 17.6. The summed E-state index contributed by atoms with van der Waals surface area (Å²) in [6, 6.07) is 12.9. The molecule has 0 radical (unpaired) electrons. The summed E-state index contributed by atoms with van der Waals surface area (Å²) in [5.74, 6) is 2.62. The summed E-state index contributed by atoms with van der Waals surface area (Å²) in [6.45, 7) is 4.59. The van der Waals surface area contributed by atoms with Crippen molar-refractivity contribution in [2.24, 2.45) is 0 Å². The second-order valence-corrected chi connectivity index (χ2v) is 27.9. The van der Waals surface area contributed by atoms with Gasteiger partial charge in [-0.05, 0) is 73.9 Å². The van der Waals surface area contributed by atoms with Gasteiger partial charge < -0.3 is 14.7 Å². The Kier molecular flexibility index (Phi) is 26.9. The van der Waals surface area contributed by atoms with Gasteiger partial charge in [-0.15, -0.1) is 0 Å². The molecular formula is C54H69Cl3N18O12S3. The van der Waals surface area contributed by atoms with Crippen LogP contribution < -0.4 is 14.7 Å². The van der Waals surface area contributed by atoms with Gasteiger partial charge in [-0.25, -0.2) is 85.3 Å². The van der Waals surface area contributed by atoms with Gasteiger partial charge in [0.25, 0.3) is 0 Å². The molecular weight excluding hydrogens is 1300 g/mol. The van der Waals surface area contributed by atoms with E-state index >= 15 is 0 Å². The highest BCUT2D eigenvalue weighted by molar-refractivity contribution is 7.89. The van der Waals surface area contributed by atoms with Crippen molar-refractivity contribution in [2.75, 3.05) is 110 Å². The predicted octanol–water partition coefficient (Wildman–Crippen LogP) is 2.48. The monoisotopic (exact) mass is 1360 g/mol. The van der Waals surface area contributed by atoms with Gasteiger partial charge in [-0.1, -0.05) is 34.8 Å². The molecule has 3 aliphatic rings. The number of halogens is 3. The molecule has 486 valence electrons. The van der Waals surface area contributed by atoms with Crippen molar-refractivity contribution in [1.29, 1.82) is 0 Å². The van der Waals surface area contributed by atoms with E-state index in [1.54, 1.807) is 110 Å². The molecule has 0 bridgehead atoms. The van der Waals surface area contributed by atoms with Crippen molar-refractivity contribution in [3.05, 3.63) is 143 Å². The van der Waals surface area contributed by atoms with Crippen LogP contribution in [0.3, 0.4) is 0 Å². The molecule has 0 spiro atoms. The SMILES string of the molecule is O=CN(O)C(CCc1ncccn1)CS(=O)(=O)N1CCN(c2ccc(Cl)cn2)CC1.O=CN(O)[C@@H](CCc1ncccn1)CS(=O)(=O)N1CCN(c2ccc(Cl)cn2)CC1.O=CN(O)[C@H](CCc1ncccn1)CS(=O)(=O)N1CCN(c2ccc(Cl)cn2)CC1. The van der Waals surface area contributed by atoms with Gasteiger partial charge in [-0.2, -0.15) is 12.9 Å². The van der Waals surface area contributed by atoms with Crippen LogP contribution in [-0.2, 0) is 63.7 Å². The van der Waals surface area contributed by atoms with Crippen molar-refractivity contribution >= 4 is 102 Å². The predicted molar refractivity (Wildman–Crippen MR) is 332 cm³/mol. The maximum Gasteiger partial charge on any atom is 0.233 e. The Hall–Kier alpha value is -7.02. The smallest absolute Gasteiger partial charge is 0.233 e. The highest BCUT2D eigenvalue weighted by atomic mass is 35.5. The zero-order valence-corrected chi connectivity index (χ0v) is 53.3. The third-order valence-electron chi connectivity index (χ3n) is 14.6. The van der Waals surface area contributed by atoms with Gasteiger partial charge in [0.2, 0.25) is 49.3 Å². The van der Waals surface area contributed by atoms with Crippen LogP contribution in [0.4, 0.5) is 17.5 Å². The Balaban J connectivity index is 0.000000192. The fourth-order valence-electron chi connectivity index (χ4n) is 9.70. The molecule has 3 saturated heterocycles. The zero-order chi connectivity index (χ0) is 64.7. The lowest BCUT2D eigenvalue weighted by atomic mass is 10.2. The number of amides is 3. The number of nitrogens with zero attached hydrogens (tertiary/aromatic N) is 18. The highest BCUT2D eigenvalue weighted by Crippen LogP contribution is 2.23. The Labute approximate surface area is 536 Å². The molecule has 3 atom stereocenters. The van der Waals surface area contributed by atoms with E-state index in [9.17, 15) is 55.3 Å². The van der Waals surface area contributed by atoms with E-state index in [0.717, 1.165) is 17.5 Å². The van der Waals surface area contributed by atoms with E-state index in [0.29, 0.717) is 106 Å². The number of hydrogen-bond donors (Lipinski definition) is 3. The summed E-state index contributed by atoms with van der Waals surface area (Å²) in [7, 11) is -11.1. The van der Waals surface area contributed by atoms with E-state index in [2.05, 4.69) is 44.9 Å². The standard InChI is InChI=1S/3C18H23ClN6O4S/c3*19-15-2-5-18(22-12-15)23-8-10-24(11-9-23)30(28,29)13-16(25(27)14-26)3-4-17-20-6-1-7-21-17/h3*1-2,5-7,12,14,16,27H,3-4,8-11,13H2/t2*16-;/m10./s1. The van der Waals surface area contributed by atoms with Gasteiger partial charge in [0.1, 0.15) is 34.9 Å². The van der Waals surface area contributed by atoms with E-state index in [4.69, 9.17) is 34.8 Å². The first kappa shape index (κ1) is 70.4. The first-order valence-corrected chi connectivity index (χ1v) is 34.2. The van der Waals surface area contributed by atoms with E-state index in [1.165, 1.54) is 12.9 Å². The molecule has 6 aromatic heterocycles. The molecule has 3 aliphatic heterocycles. The number of piperazine rings is 3. The van der Waals surface area contributed by atoms with Gasteiger partial charge in [0.15, 0.2) is 0 Å². The van der Waals surface area contributed by atoms with Crippen molar-refractivity contribution < 1.29 is 55.3 Å². The fourth-order valence-corrected chi connectivity index (χ4v) is 15.2. The number of pyridine rings is 3. The normalized spacial score (nSPS) is 16.3. The van der Waals surface area contributed by atoms with E-state index in [-0.39, 0.29) is 95.0 Å². The Bertz CT molecular complexity index is 3140. The van der Waals surface area contributed by atoms with Gasteiger partial charge >= 0.3 is 0 Å². The number of aromatic nitrogens is 9. The second-order valence-electron chi connectivity index (χ2n) is 20.5. The van der Waals surface area contributed by atoms with E-state index < -0.39 is 48.2 Å². The Morgan fingerprint density at radius 3 is 0.822 bits per heavy atom. The van der Waals surface area contributed by atoms with Gasteiger partial charge in [-0.3, -0.25) is 30.0 Å². The molecule has 1 unspecified atom stereocenters. The average molecular weight is 1360 g/mol. The quantitative estimate of drug-likeness (QED) is 0.0379. The topological polar surface area (TPSA) is 359 Å². The van der Waals surface area contributed by atoms with Gasteiger partial charge in [0.05, 0.1) is 50.5 Å². The maximum atomic E-state index is 12.9. The van der Waals surface area contributed by atoms with Crippen LogP contribution in [0.5, 0.6) is 0 Å². The zero-order valence-electron chi connectivity index (χ0n) is 48.6. The molecule has 0 aliphatic carbocycles. The van der Waals surface area contributed by atoms with Crippen LogP contribution in [-0.4, -0.2) is 247 Å². The lowest BCUT2D eigenvalue weighted by molar-refractivity contribution is -0.159. The minimum absolute atomic E-state index is 0.215. The largest absolute Gasteiger partial charge is 0.354 e. The maximum absolute atomic E-state index is 12.9. The van der Waals surface area contributed by atoms with Crippen LogP contribution in [0.2, 0.25) is 15.1 Å². The first-order chi connectivity index (χ1) is 43.2. The first-order valence-electron chi connectivity index (χ1n) is 28.2. The van der Waals surface area contributed by atoms with Crippen molar-refractivity contribution in [3.63, 3.8) is 0 Å². The number of rotatable bonds is 27. The summed E-state index contributed by atoms with van der Waals surface area (Å²) in [4.78, 5) is 76.4. The molecule has 30 nitrogen and oxygen atoms in total. The van der Waals surface area contributed by atoms with Crippen LogP contribution >= 0.6 is 34.8 Å². The molecule has 3 fully saturated rings. The highest BCUT2D eigenvalue weighted by Gasteiger charge is 2.35. The Morgan fingerprint density at radius 2 is 0.622 bits per heavy atom. The summed E-state index contributed by atoms with van der Waals surface area (Å²) in [5.41, 5.74) is 0. The van der Waals surface area contributed by atoms with Crippen LogP contribution in [0.25, 0.3) is 0 Å². The number of hydrogen-bond acceptors (Lipinski definition) is 24. The molecule has 9 heterocycles. The molecule has 6 aromatic rings. The number of sulfonamides is 3.